The van der Waals surface area contributed by atoms with Gasteiger partial charge in [-0.1, -0.05) is 49.9 Å². The molecular formula is C24H23F3N2OS. The lowest BCUT2D eigenvalue weighted by atomic mass is 10.0. The molecule has 0 aliphatic carbocycles. The Labute approximate surface area is 184 Å². The van der Waals surface area contributed by atoms with Gasteiger partial charge in [-0.25, -0.2) is 0 Å². The maximum absolute atomic E-state index is 13.3. The van der Waals surface area contributed by atoms with E-state index in [0.717, 1.165) is 34.1 Å². The molecule has 0 radical (unpaired) electrons. The van der Waals surface area contributed by atoms with Crippen molar-refractivity contribution in [1.29, 1.82) is 0 Å². The summed E-state index contributed by atoms with van der Waals surface area (Å²) >= 11 is 1.51. The number of halogens is 3. The molecule has 0 saturated carbocycles. The van der Waals surface area contributed by atoms with Crippen molar-refractivity contribution in [2.75, 3.05) is 17.2 Å². The Balaban J connectivity index is 2.00. The van der Waals surface area contributed by atoms with Crippen LogP contribution in [0.4, 0.5) is 18.9 Å². The molecule has 7 heteroatoms. The number of hydrogen-bond donors (Lipinski definition) is 0. The Bertz CT molecular complexity index is 1040. The molecule has 3 rings (SSSR count). The molecular weight excluding hydrogens is 421 g/mol. The van der Waals surface area contributed by atoms with Crippen LogP contribution >= 0.6 is 11.8 Å². The average Bonchev–Trinajstić information content (AvgIpc) is 3.19. The molecule has 0 atom stereocenters. The van der Waals surface area contributed by atoms with Gasteiger partial charge in [0.15, 0.2) is 0 Å². The van der Waals surface area contributed by atoms with Gasteiger partial charge >= 0.3 is 6.18 Å². The minimum absolute atomic E-state index is 0.232. The highest BCUT2D eigenvalue weighted by Gasteiger charge is 2.35. The molecule has 1 aliphatic rings. The lowest BCUT2D eigenvalue weighted by Crippen LogP contribution is -2.30. The maximum atomic E-state index is 13.3. The van der Waals surface area contributed by atoms with Gasteiger partial charge in [0.1, 0.15) is 0 Å². The first-order valence-electron chi connectivity index (χ1n) is 9.87. The van der Waals surface area contributed by atoms with Crippen molar-refractivity contribution in [1.82, 2.24) is 4.98 Å². The topological polar surface area (TPSA) is 33.2 Å². The number of alkyl halides is 3. The van der Waals surface area contributed by atoms with Crippen molar-refractivity contribution in [2.45, 2.75) is 26.4 Å². The highest BCUT2D eigenvalue weighted by molar-refractivity contribution is 8.03. The number of carbonyl (C=O) groups excluding carboxylic acids is 1. The zero-order valence-corrected chi connectivity index (χ0v) is 18.2. The molecule has 1 amide bonds. The molecule has 0 unspecified atom stereocenters. The second-order valence-corrected chi connectivity index (χ2v) is 8.29. The molecule has 0 bridgehead atoms. The summed E-state index contributed by atoms with van der Waals surface area (Å²) in [5, 5.41) is 0. The molecule has 3 nitrogen and oxygen atoms in total. The van der Waals surface area contributed by atoms with Crippen LogP contribution in [-0.2, 0) is 17.4 Å². The number of hydrogen-bond acceptors (Lipinski definition) is 3. The van der Waals surface area contributed by atoms with E-state index in [9.17, 15) is 18.0 Å². The standard InChI is InChI=1S/C24H23F3N2OS/c1-4-17(18-9-7-6-8-10-18)13-22(31-5-2)16(3)23(30)29-12-11-20-21(29)14-19(15-28-20)24(25,26)27/h4,6-10,13-15H,1,5,11-12H2,2-3H3/b17-13+,22-16-. The van der Waals surface area contributed by atoms with Crippen LogP contribution in [0.1, 0.15) is 30.7 Å². The largest absolute Gasteiger partial charge is 0.417 e. The fourth-order valence-electron chi connectivity index (χ4n) is 3.37. The number of anilines is 1. The van der Waals surface area contributed by atoms with E-state index in [-0.39, 0.29) is 11.6 Å². The van der Waals surface area contributed by atoms with Crippen LogP contribution in [0.2, 0.25) is 0 Å². The van der Waals surface area contributed by atoms with Crippen LogP contribution in [-0.4, -0.2) is 23.2 Å². The van der Waals surface area contributed by atoms with Gasteiger partial charge in [0, 0.05) is 29.6 Å². The van der Waals surface area contributed by atoms with E-state index >= 15 is 0 Å². The highest BCUT2D eigenvalue weighted by atomic mass is 32.2. The van der Waals surface area contributed by atoms with Crippen molar-refractivity contribution >= 4 is 28.9 Å². The van der Waals surface area contributed by atoms with Crippen molar-refractivity contribution < 1.29 is 18.0 Å². The van der Waals surface area contributed by atoms with E-state index in [2.05, 4.69) is 11.6 Å². The molecule has 1 aliphatic heterocycles. The van der Waals surface area contributed by atoms with E-state index in [4.69, 9.17) is 0 Å². The smallest absolute Gasteiger partial charge is 0.306 e. The Morgan fingerprint density at radius 1 is 1.29 bits per heavy atom. The van der Waals surface area contributed by atoms with E-state index < -0.39 is 11.7 Å². The molecule has 0 saturated heterocycles. The van der Waals surface area contributed by atoms with Gasteiger partial charge in [0.25, 0.3) is 5.91 Å². The summed E-state index contributed by atoms with van der Waals surface area (Å²) in [5.74, 6) is 0.426. The van der Waals surface area contributed by atoms with Gasteiger partial charge in [-0.2, -0.15) is 13.2 Å². The number of thioether (sulfide) groups is 1. The van der Waals surface area contributed by atoms with Crippen LogP contribution < -0.4 is 4.90 Å². The summed E-state index contributed by atoms with van der Waals surface area (Å²) in [6, 6.07) is 10.7. The molecule has 0 N–H and O–H groups in total. The third-order valence-corrected chi connectivity index (χ3v) is 6.01. The fourth-order valence-corrected chi connectivity index (χ4v) is 4.19. The number of allylic oxidation sites excluding steroid dienone is 3. The Hall–Kier alpha value is -2.80. The quantitative estimate of drug-likeness (QED) is 0.388. The molecule has 1 aromatic carbocycles. The number of carbonyl (C=O) groups is 1. The minimum Gasteiger partial charge on any atom is -0.306 e. The number of fused-ring (bicyclic) bond motifs is 1. The summed E-state index contributed by atoms with van der Waals surface area (Å²) in [6.07, 6.45) is 0.386. The second-order valence-electron chi connectivity index (χ2n) is 6.99. The molecule has 1 aromatic heterocycles. The van der Waals surface area contributed by atoms with Gasteiger partial charge in [-0.05, 0) is 36.0 Å². The highest BCUT2D eigenvalue weighted by Crippen LogP contribution is 2.36. The third-order valence-electron chi connectivity index (χ3n) is 4.99. The molecule has 2 aromatic rings. The zero-order valence-electron chi connectivity index (χ0n) is 17.4. The van der Waals surface area contributed by atoms with E-state index in [1.807, 2.05) is 43.3 Å². The molecule has 31 heavy (non-hydrogen) atoms. The number of amides is 1. The predicted molar refractivity (Wildman–Crippen MR) is 121 cm³/mol. The summed E-state index contributed by atoms with van der Waals surface area (Å²) in [7, 11) is 0. The molecule has 0 spiro atoms. The molecule has 162 valence electrons. The van der Waals surface area contributed by atoms with Crippen LogP contribution in [0.15, 0.2) is 71.8 Å². The zero-order chi connectivity index (χ0) is 22.6. The Kier molecular flexibility index (Phi) is 7.05. The summed E-state index contributed by atoms with van der Waals surface area (Å²) < 4.78 is 39.4. The predicted octanol–water partition coefficient (Wildman–Crippen LogP) is 6.29. The van der Waals surface area contributed by atoms with Gasteiger partial charge in [-0.15, -0.1) is 11.8 Å². The molecule has 2 heterocycles. The van der Waals surface area contributed by atoms with Gasteiger partial charge < -0.3 is 4.90 Å². The fraction of sp³-hybridized carbons (Fsp3) is 0.250. The summed E-state index contributed by atoms with van der Waals surface area (Å²) in [6.45, 7) is 7.88. The normalized spacial score (nSPS) is 14.9. The van der Waals surface area contributed by atoms with Crippen LogP contribution in [0.5, 0.6) is 0 Å². The van der Waals surface area contributed by atoms with Crippen LogP contribution in [0.3, 0.4) is 0 Å². The number of pyridine rings is 1. The SMILES string of the molecule is C=C/C(=C\C(SCC)=C(/C)C(=O)N1CCc2ncc(C(F)(F)F)cc21)c1ccccc1. The second kappa shape index (κ2) is 9.56. The van der Waals surface area contributed by atoms with Crippen LogP contribution in [0.25, 0.3) is 5.57 Å². The third kappa shape index (κ3) is 5.10. The maximum Gasteiger partial charge on any atom is 0.417 e. The van der Waals surface area contributed by atoms with Crippen molar-refractivity contribution in [2.24, 2.45) is 0 Å². The first-order valence-corrected chi connectivity index (χ1v) is 10.9. The van der Waals surface area contributed by atoms with Gasteiger partial charge in [-0.3, -0.25) is 9.78 Å². The number of benzene rings is 1. The van der Waals surface area contributed by atoms with Gasteiger partial charge in [0.2, 0.25) is 0 Å². The monoisotopic (exact) mass is 444 g/mol. The Morgan fingerprint density at radius 2 is 2.00 bits per heavy atom. The summed E-state index contributed by atoms with van der Waals surface area (Å²) in [5.41, 5.74) is 2.20. The lowest BCUT2D eigenvalue weighted by molar-refractivity contribution is -0.137. The van der Waals surface area contributed by atoms with Crippen LogP contribution in [0, 0.1) is 0 Å². The lowest BCUT2D eigenvalue weighted by Gasteiger charge is -2.20. The van der Waals surface area contributed by atoms with E-state index in [1.165, 1.54) is 16.7 Å². The minimum atomic E-state index is -4.51. The van der Waals surface area contributed by atoms with Crippen molar-refractivity contribution in [3.63, 3.8) is 0 Å². The van der Waals surface area contributed by atoms with Crippen molar-refractivity contribution in [3.05, 3.63) is 88.6 Å². The Morgan fingerprint density at radius 3 is 2.61 bits per heavy atom. The molecule has 0 fully saturated rings. The first-order chi connectivity index (χ1) is 14.8. The van der Waals surface area contributed by atoms with Crippen molar-refractivity contribution in [3.8, 4) is 0 Å². The first kappa shape index (κ1) is 22.9. The average molecular weight is 445 g/mol. The number of nitrogens with zero attached hydrogens (tertiary/aromatic N) is 2. The van der Waals surface area contributed by atoms with E-state index in [0.29, 0.717) is 24.2 Å². The summed E-state index contributed by atoms with van der Waals surface area (Å²) in [4.78, 5) is 19.4. The van der Waals surface area contributed by atoms with E-state index in [1.54, 1.807) is 13.0 Å². The van der Waals surface area contributed by atoms with Gasteiger partial charge in [0.05, 0.1) is 16.9 Å². The number of rotatable bonds is 6. The number of aromatic nitrogens is 1.